The van der Waals surface area contributed by atoms with Crippen LogP contribution in [-0.2, 0) is 6.54 Å². The van der Waals surface area contributed by atoms with E-state index in [1.54, 1.807) is 12.3 Å². The number of carboxylic acid groups (broad SMARTS) is 1. The molecule has 2 heterocycles. The number of hydrogen-bond acceptors (Lipinski definition) is 4. The Morgan fingerprint density at radius 2 is 2.37 bits per heavy atom. The zero-order chi connectivity index (χ0) is 13.5. The molecule has 6 heteroatoms. The van der Waals surface area contributed by atoms with Gasteiger partial charge in [0.05, 0.1) is 11.7 Å². The van der Waals surface area contributed by atoms with Crippen LogP contribution in [0.25, 0.3) is 11.0 Å². The maximum Gasteiger partial charge on any atom is 0.354 e. The molecular formula is C13H16N4O2. The van der Waals surface area contributed by atoms with Gasteiger partial charge in [-0.2, -0.15) is 5.10 Å². The van der Waals surface area contributed by atoms with E-state index in [2.05, 4.69) is 27.4 Å². The molecule has 100 valence electrons. The van der Waals surface area contributed by atoms with Crippen molar-refractivity contribution in [2.75, 3.05) is 0 Å². The first kappa shape index (κ1) is 12.1. The van der Waals surface area contributed by atoms with Crippen molar-refractivity contribution in [3.63, 3.8) is 0 Å². The third kappa shape index (κ3) is 2.19. The highest BCUT2D eigenvalue weighted by Crippen LogP contribution is 2.31. The minimum Gasteiger partial charge on any atom is -0.477 e. The number of rotatable bonds is 4. The van der Waals surface area contributed by atoms with Crippen molar-refractivity contribution in [3.05, 3.63) is 23.5 Å². The largest absolute Gasteiger partial charge is 0.477 e. The van der Waals surface area contributed by atoms with E-state index < -0.39 is 5.97 Å². The Hall–Kier alpha value is -1.95. The first-order valence-corrected chi connectivity index (χ1v) is 6.39. The Morgan fingerprint density at radius 1 is 1.58 bits per heavy atom. The van der Waals surface area contributed by atoms with Gasteiger partial charge >= 0.3 is 5.97 Å². The summed E-state index contributed by atoms with van der Waals surface area (Å²) in [5, 5.41) is 19.4. The van der Waals surface area contributed by atoms with Gasteiger partial charge in [-0.15, -0.1) is 0 Å². The van der Waals surface area contributed by atoms with Crippen molar-refractivity contribution in [3.8, 4) is 0 Å². The highest BCUT2D eigenvalue weighted by Gasteiger charge is 2.31. The van der Waals surface area contributed by atoms with Crippen LogP contribution in [0, 0.1) is 0 Å². The number of aromatic amines is 1. The topological polar surface area (TPSA) is 90.9 Å². The molecule has 1 saturated carbocycles. The van der Waals surface area contributed by atoms with Gasteiger partial charge < -0.3 is 10.4 Å². The average molecular weight is 260 g/mol. The molecule has 1 aliphatic rings. The van der Waals surface area contributed by atoms with Crippen molar-refractivity contribution in [2.24, 2.45) is 0 Å². The first-order valence-electron chi connectivity index (χ1n) is 6.39. The first-order chi connectivity index (χ1) is 9.07. The molecule has 0 amide bonds. The molecule has 3 N–H and O–H groups in total. The monoisotopic (exact) mass is 260 g/mol. The number of carboxylic acids is 1. The number of pyridine rings is 1. The van der Waals surface area contributed by atoms with Crippen molar-refractivity contribution < 1.29 is 9.90 Å². The fraction of sp³-hybridized carbons (Fsp3) is 0.462. The van der Waals surface area contributed by atoms with Crippen LogP contribution in [0.15, 0.2) is 12.3 Å². The molecule has 0 radical (unpaired) electrons. The van der Waals surface area contributed by atoms with Gasteiger partial charge in [-0.3, -0.25) is 5.10 Å². The third-order valence-electron chi connectivity index (χ3n) is 3.87. The summed E-state index contributed by atoms with van der Waals surface area (Å²) < 4.78 is 0. The quantitative estimate of drug-likeness (QED) is 0.778. The maximum atomic E-state index is 11.1. The minimum atomic E-state index is -1.01. The second-order valence-electron chi connectivity index (χ2n) is 5.37. The number of nitrogens with one attached hydrogen (secondary N) is 2. The standard InChI is InChI=1S/C13H16N4O2/c1-13(3-2-4-13)14-6-8-5-9(12(18)19)16-10-7-15-17-11(8)10/h5,7,14H,2-4,6H2,1H3,(H,15,17)(H,18,19). The Bertz CT molecular complexity index is 631. The summed E-state index contributed by atoms with van der Waals surface area (Å²) in [6.07, 6.45) is 5.13. The Labute approximate surface area is 110 Å². The number of aromatic carboxylic acids is 1. The summed E-state index contributed by atoms with van der Waals surface area (Å²) in [5.74, 6) is -1.01. The van der Waals surface area contributed by atoms with E-state index in [1.165, 1.54) is 6.42 Å². The van der Waals surface area contributed by atoms with Crippen molar-refractivity contribution in [1.29, 1.82) is 0 Å². The Morgan fingerprint density at radius 3 is 3.00 bits per heavy atom. The molecule has 1 fully saturated rings. The van der Waals surface area contributed by atoms with E-state index in [9.17, 15) is 4.79 Å². The van der Waals surface area contributed by atoms with E-state index in [-0.39, 0.29) is 11.2 Å². The normalized spacial score (nSPS) is 17.3. The van der Waals surface area contributed by atoms with Crippen LogP contribution in [0.4, 0.5) is 0 Å². The lowest BCUT2D eigenvalue weighted by atomic mass is 9.78. The van der Waals surface area contributed by atoms with Crippen molar-refractivity contribution in [1.82, 2.24) is 20.5 Å². The summed E-state index contributed by atoms with van der Waals surface area (Å²) in [4.78, 5) is 15.1. The summed E-state index contributed by atoms with van der Waals surface area (Å²) >= 11 is 0. The fourth-order valence-electron chi connectivity index (χ4n) is 2.44. The molecule has 1 aliphatic carbocycles. The van der Waals surface area contributed by atoms with Gasteiger partial charge in [0.2, 0.25) is 0 Å². The van der Waals surface area contributed by atoms with Gasteiger partial charge in [0, 0.05) is 12.1 Å². The second kappa shape index (κ2) is 4.31. The lowest BCUT2D eigenvalue weighted by molar-refractivity contribution is 0.0691. The van der Waals surface area contributed by atoms with Crippen LogP contribution in [0.2, 0.25) is 0 Å². The van der Waals surface area contributed by atoms with Crippen LogP contribution >= 0.6 is 0 Å². The van der Waals surface area contributed by atoms with Crippen LogP contribution in [-0.4, -0.2) is 31.8 Å². The predicted molar refractivity (Wildman–Crippen MR) is 69.9 cm³/mol. The lowest BCUT2D eigenvalue weighted by Crippen LogP contribution is -2.47. The Balaban J connectivity index is 1.91. The van der Waals surface area contributed by atoms with Gasteiger partial charge in [0.15, 0.2) is 0 Å². The molecule has 19 heavy (non-hydrogen) atoms. The molecule has 3 rings (SSSR count). The lowest BCUT2D eigenvalue weighted by Gasteiger charge is -2.39. The molecule has 0 aliphatic heterocycles. The molecule has 2 aromatic heterocycles. The SMILES string of the molecule is CC1(NCc2cc(C(=O)O)nc3cn[nH]c23)CCC1. The highest BCUT2D eigenvalue weighted by atomic mass is 16.4. The van der Waals surface area contributed by atoms with Crippen LogP contribution < -0.4 is 5.32 Å². The number of hydrogen-bond donors (Lipinski definition) is 3. The third-order valence-corrected chi connectivity index (χ3v) is 3.87. The molecule has 0 bridgehead atoms. The van der Waals surface area contributed by atoms with Crippen molar-refractivity contribution >= 4 is 17.0 Å². The molecule has 0 unspecified atom stereocenters. The maximum absolute atomic E-state index is 11.1. The fourth-order valence-corrected chi connectivity index (χ4v) is 2.44. The predicted octanol–water partition coefficient (Wildman–Crippen LogP) is 1.69. The zero-order valence-electron chi connectivity index (χ0n) is 10.7. The minimum absolute atomic E-state index is 0.0597. The molecule has 0 aromatic carbocycles. The second-order valence-corrected chi connectivity index (χ2v) is 5.37. The summed E-state index contributed by atoms with van der Waals surface area (Å²) in [6.45, 7) is 2.82. The highest BCUT2D eigenvalue weighted by molar-refractivity contribution is 5.90. The Kier molecular flexibility index (Phi) is 2.74. The van der Waals surface area contributed by atoms with Gasteiger partial charge in [0.1, 0.15) is 11.2 Å². The zero-order valence-corrected chi connectivity index (χ0v) is 10.7. The molecule has 0 spiro atoms. The molecule has 0 atom stereocenters. The van der Waals surface area contributed by atoms with E-state index in [4.69, 9.17) is 5.11 Å². The average Bonchev–Trinajstić information content (AvgIpc) is 2.81. The smallest absolute Gasteiger partial charge is 0.354 e. The number of aromatic nitrogens is 3. The summed E-state index contributed by atoms with van der Waals surface area (Å²) in [5.41, 5.74) is 2.53. The molecule has 6 nitrogen and oxygen atoms in total. The summed E-state index contributed by atoms with van der Waals surface area (Å²) in [7, 11) is 0. The van der Waals surface area contributed by atoms with Gasteiger partial charge in [-0.1, -0.05) is 0 Å². The number of carbonyl (C=O) groups is 1. The van der Waals surface area contributed by atoms with E-state index in [0.29, 0.717) is 12.1 Å². The molecule has 2 aromatic rings. The number of nitrogens with zero attached hydrogens (tertiary/aromatic N) is 2. The van der Waals surface area contributed by atoms with Crippen LogP contribution in [0.3, 0.4) is 0 Å². The van der Waals surface area contributed by atoms with Crippen LogP contribution in [0.5, 0.6) is 0 Å². The van der Waals surface area contributed by atoms with E-state index in [1.807, 2.05) is 0 Å². The number of fused-ring (bicyclic) bond motifs is 1. The van der Waals surface area contributed by atoms with Gasteiger partial charge in [0.25, 0.3) is 0 Å². The number of H-pyrrole nitrogens is 1. The van der Waals surface area contributed by atoms with E-state index >= 15 is 0 Å². The molecular weight excluding hydrogens is 244 g/mol. The molecule has 0 saturated heterocycles. The van der Waals surface area contributed by atoms with Crippen LogP contribution in [0.1, 0.15) is 42.2 Å². The summed E-state index contributed by atoms with van der Waals surface area (Å²) in [6, 6.07) is 1.61. The van der Waals surface area contributed by atoms with Crippen molar-refractivity contribution in [2.45, 2.75) is 38.3 Å². The van der Waals surface area contributed by atoms with Gasteiger partial charge in [-0.25, -0.2) is 9.78 Å². The van der Waals surface area contributed by atoms with E-state index in [0.717, 1.165) is 23.9 Å². The van der Waals surface area contributed by atoms with Gasteiger partial charge in [-0.05, 0) is 37.8 Å².